The van der Waals surface area contributed by atoms with Crippen LogP contribution in [0.3, 0.4) is 0 Å². The minimum atomic E-state index is -0.185. The lowest BCUT2D eigenvalue weighted by molar-refractivity contribution is -0.118. The molecular weight excluding hydrogens is 562 g/mol. The molecule has 1 saturated heterocycles. The van der Waals surface area contributed by atoms with Crippen LogP contribution in [0.2, 0.25) is 0 Å². The summed E-state index contributed by atoms with van der Waals surface area (Å²) in [6.45, 7) is 5.16. The zero-order valence-corrected chi connectivity index (χ0v) is 24.7. The first kappa shape index (κ1) is 28.9. The van der Waals surface area contributed by atoms with Crippen molar-refractivity contribution in [3.63, 3.8) is 0 Å². The Bertz CT molecular complexity index is 1490. The standard InChI is InChI=1S/C33H35N5O4S/c39-31-22-42-30-12-11-26(21-28(30)34-31)29-23-43-32(35-29)36-33(40)38(16-15-37-17-19-41-20-18-37)14-13-27(24-7-3-1-4-8-24)25-9-5-2-6-10-25/h1-12,21,23,27H,13-20,22H2,(H,34,39)(H,35,36,40). The summed E-state index contributed by atoms with van der Waals surface area (Å²) in [7, 11) is 0. The summed E-state index contributed by atoms with van der Waals surface area (Å²) in [6, 6.07) is 26.4. The van der Waals surface area contributed by atoms with Crippen LogP contribution in [-0.4, -0.2) is 79.3 Å². The first-order chi connectivity index (χ1) is 21.1. The molecule has 0 unspecified atom stereocenters. The molecule has 9 nitrogen and oxygen atoms in total. The van der Waals surface area contributed by atoms with E-state index in [0.29, 0.717) is 29.7 Å². The number of ether oxygens (including phenoxy) is 2. The number of nitrogens with zero attached hydrogens (tertiary/aromatic N) is 3. The van der Waals surface area contributed by atoms with E-state index >= 15 is 0 Å². The number of benzene rings is 3. The van der Waals surface area contributed by atoms with Crippen molar-refractivity contribution in [2.24, 2.45) is 0 Å². The second kappa shape index (κ2) is 13.8. The molecule has 222 valence electrons. The fraction of sp³-hybridized carbons (Fsp3) is 0.303. The summed E-state index contributed by atoms with van der Waals surface area (Å²) in [5.74, 6) is 0.614. The summed E-state index contributed by atoms with van der Waals surface area (Å²) >= 11 is 1.38. The number of fused-ring (bicyclic) bond motifs is 1. The van der Waals surface area contributed by atoms with Gasteiger partial charge in [0.2, 0.25) is 0 Å². The van der Waals surface area contributed by atoms with Gasteiger partial charge in [-0.1, -0.05) is 60.7 Å². The van der Waals surface area contributed by atoms with Crippen molar-refractivity contribution < 1.29 is 19.1 Å². The van der Waals surface area contributed by atoms with Gasteiger partial charge in [-0.05, 0) is 35.7 Å². The molecule has 3 heterocycles. The van der Waals surface area contributed by atoms with Gasteiger partial charge in [0, 0.05) is 49.6 Å². The molecule has 0 saturated carbocycles. The third kappa shape index (κ3) is 7.40. The SMILES string of the molecule is O=C1COc2ccc(-c3csc(NC(=O)N(CCC(c4ccccc4)c4ccccc4)CCN4CCOCC4)n3)cc2N1. The second-order valence-corrected chi connectivity index (χ2v) is 11.5. The molecule has 0 spiro atoms. The van der Waals surface area contributed by atoms with E-state index in [1.165, 1.54) is 22.5 Å². The number of rotatable bonds is 10. The maximum Gasteiger partial charge on any atom is 0.323 e. The highest BCUT2D eigenvalue weighted by atomic mass is 32.1. The van der Waals surface area contributed by atoms with Crippen LogP contribution in [0.5, 0.6) is 5.75 Å². The van der Waals surface area contributed by atoms with Gasteiger partial charge in [-0.3, -0.25) is 15.0 Å². The number of urea groups is 1. The van der Waals surface area contributed by atoms with Gasteiger partial charge < -0.3 is 19.7 Å². The Labute approximate surface area is 255 Å². The molecule has 3 amide bonds. The largest absolute Gasteiger partial charge is 0.482 e. The highest BCUT2D eigenvalue weighted by molar-refractivity contribution is 7.14. The number of nitrogens with one attached hydrogen (secondary N) is 2. The van der Waals surface area contributed by atoms with Crippen molar-refractivity contribution >= 4 is 34.1 Å². The fourth-order valence-corrected chi connectivity index (χ4v) is 6.17. The molecule has 1 aromatic heterocycles. The first-order valence-electron chi connectivity index (χ1n) is 14.6. The molecule has 10 heteroatoms. The molecule has 4 aromatic rings. The smallest absolute Gasteiger partial charge is 0.323 e. The third-order valence-corrected chi connectivity index (χ3v) is 8.55. The summed E-state index contributed by atoms with van der Waals surface area (Å²) < 4.78 is 11.0. The summed E-state index contributed by atoms with van der Waals surface area (Å²) in [5.41, 5.74) is 4.64. The molecule has 43 heavy (non-hydrogen) atoms. The Kier molecular flexibility index (Phi) is 9.27. The number of carbonyl (C=O) groups excluding carboxylic acids is 2. The van der Waals surface area contributed by atoms with Crippen molar-refractivity contribution in [3.8, 4) is 17.0 Å². The number of aromatic nitrogens is 1. The molecular formula is C33H35N5O4S. The predicted molar refractivity (Wildman–Crippen MR) is 169 cm³/mol. The van der Waals surface area contributed by atoms with Crippen LogP contribution in [-0.2, 0) is 9.53 Å². The molecule has 1 fully saturated rings. The highest BCUT2D eigenvalue weighted by Gasteiger charge is 2.22. The van der Waals surface area contributed by atoms with Crippen LogP contribution in [0.4, 0.5) is 15.6 Å². The van der Waals surface area contributed by atoms with E-state index in [1.807, 2.05) is 40.6 Å². The quantitative estimate of drug-likeness (QED) is 0.250. The Morgan fingerprint density at radius 1 is 1.00 bits per heavy atom. The Hall–Kier alpha value is -4.25. The van der Waals surface area contributed by atoms with Gasteiger partial charge in [-0.25, -0.2) is 9.78 Å². The van der Waals surface area contributed by atoms with Crippen molar-refractivity contribution in [2.45, 2.75) is 12.3 Å². The second-order valence-electron chi connectivity index (χ2n) is 10.6. The molecule has 2 aliphatic heterocycles. The van der Waals surface area contributed by atoms with Crippen LogP contribution < -0.4 is 15.4 Å². The van der Waals surface area contributed by atoms with Crippen molar-refractivity contribution in [1.82, 2.24) is 14.8 Å². The molecule has 2 N–H and O–H groups in total. The molecule has 0 atom stereocenters. The zero-order valence-electron chi connectivity index (χ0n) is 23.9. The molecule has 3 aromatic carbocycles. The lowest BCUT2D eigenvalue weighted by Gasteiger charge is -2.31. The number of carbonyl (C=O) groups is 2. The first-order valence-corrected chi connectivity index (χ1v) is 15.5. The van der Waals surface area contributed by atoms with Gasteiger partial charge in [0.15, 0.2) is 11.7 Å². The minimum Gasteiger partial charge on any atom is -0.482 e. The van der Waals surface area contributed by atoms with E-state index in [0.717, 1.165) is 50.5 Å². The van der Waals surface area contributed by atoms with Gasteiger partial charge in [0.25, 0.3) is 5.91 Å². The van der Waals surface area contributed by atoms with Crippen LogP contribution in [0.25, 0.3) is 11.3 Å². The summed E-state index contributed by atoms with van der Waals surface area (Å²) in [4.78, 5) is 34.4. The van der Waals surface area contributed by atoms with Crippen LogP contribution >= 0.6 is 11.3 Å². The number of amides is 3. The highest BCUT2D eigenvalue weighted by Crippen LogP contribution is 2.34. The van der Waals surface area contributed by atoms with Gasteiger partial charge in [-0.2, -0.15) is 0 Å². The van der Waals surface area contributed by atoms with Gasteiger partial charge in [0.05, 0.1) is 24.6 Å². The fourth-order valence-electron chi connectivity index (χ4n) is 5.46. The minimum absolute atomic E-state index is 0.0126. The third-order valence-electron chi connectivity index (χ3n) is 7.79. The molecule has 0 radical (unpaired) electrons. The molecule has 2 aliphatic rings. The van der Waals surface area contributed by atoms with Crippen molar-refractivity contribution in [2.75, 3.05) is 63.2 Å². The van der Waals surface area contributed by atoms with E-state index in [4.69, 9.17) is 14.5 Å². The number of hydrogen-bond donors (Lipinski definition) is 2. The Balaban J connectivity index is 1.17. The summed E-state index contributed by atoms with van der Waals surface area (Å²) in [5, 5.41) is 8.31. The zero-order chi connectivity index (χ0) is 29.4. The number of thiazole rings is 1. The van der Waals surface area contributed by atoms with Crippen LogP contribution in [0.15, 0.2) is 84.2 Å². The maximum atomic E-state index is 13.7. The Morgan fingerprint density at radius 2 is 1.72 bits per heavy atom. The van der Waals surface area contributed by atoms with Gasteiger partial charge in [-0.15, -0.1) is 11.3 Å². The average Bonchev–Trinajstić information content (AvgIpc) is 3.52. The molecule has 0 aliphatic carbocycles. The average molecular weight is 598 g/mol. The van der Waals surface area contributed by atoms with Crippen LogP contribution in [0, 0.1) is 0 Å². The van der Waals surface area contributed by atoms with Gasteiger partial charge in [0.1, 0.15) is 5.75 Å². The van der Waals surface area contributed by atoms with Crippen molar-refractivity contribution in [3.05, 3.63) is 95.4 Å². The van der Waals surface area contributed by atoms with Crippen LogP contribution in [0.1, 0.15) is 23.5 Å². The summed E-state index contributed by atoms with van der Waals surface area (Å²) in [6.07, 6.45) is 0.788. The monoisotopic (exact) mass is 597 g/mol. The van der Waals surface area contributed by atoms with E-state index in [2.05, 4.69) is 64.1 Å². The Morgan fingerprint density at radius 3 is 2.44 bits per heavy atom. The lowest BCUT2D eigenvalue weighted by atomic mass is 9.88. The lowest BCUT2D eigenvalue weighted by Crippen LogP contribution is -2.44. The van der Waals surface area contributed by atoms with E-state index in [-0.39, 0.29) is 24.5 Å². The molecule has 0 bridgehead atoms. The van der Waals surface area contributed by atoms with E-state index in [1.54, 1.807) is 0 Å². The number of anilines is 2. The van der Waals surface area contributed by atoms with E-state index < -0.39 is 0 Å². The normalized spacial score (nSPS) is 15.0. The maximum absolute atomic E-state index is 13.7. The van der Waals surface area contributed by atoms with E-state index in [9.17, 15) is 9.59 Å². The van der Waals surface area contributed by atoms with Gasteiger partial charge >= 0.3 is 6.03 Å². The van der Waals surface area contributed by atoms with Crippen molar-refractivity contribution in [1.29, 1.82) is 0 Å². The topological polar surface area (TPSA) is 96.0 Å². The number of morpholine rings is 1. The number of hydrogen-bond acceptors (Lipinski definition) is 7. The molecule has 6 rings (SSSR count). The predicted octanol–water partition coefficient (Wildman–Crippen LogP) is 5.53.